The molecule has 0 aliphatic carbocycles. The summed E-state index contributed by atoms with van der Waals surface area (Å²) in [5.74, 6) is 0.916. The Morgan fingerprint density at radius 2 is 1.92 bits per heavy atom. The van der Waals surface area contributed by atoms with Crippen molar-refractivity contribution < 1.29 is 9.53 Å². The first kappa shape index (κ1) is 20.4. The van der Waals surface area contributed by atoms with Crippen molar-refractivity contribution in [2.75, 3.05) is 25.9 Å². The average Bonchev–Trinajstić information content (AvgIpc) is 2.90. The number of anilines is 1. The number of likely N-dealkylation sites (tertiary alicyclic amines) is 1. The van der Waals surface area contributed by atoms with Gasteiger partial charge in [0.1, 0.15) is 5.75 Å². The van der Waals surface area contributed by atoms with Crippen LogP contribution in [0, 0.1) is 0 Å². The van der Waals surface area contributed by atoms with E-state index in [9.17, 15) is 4.79 Å². The lowest BCUT2D eigenvalue weighted by molar-refractivity contribution is 0.0758. The van der Waals surface area contributed by atoms with Gasteiger partial charge in [-0.2, -0.15) is 0 Å². The van der Waals surface area contributed by atoms with E-state index >= 15 is 0 Å². The van der Waals surface area contributed by atoms with Gasteiger partial charge in [0.05, 0.1) is 23.4 Å². The number of amides is 1. The Balaban J connectivity index is 0.00000243. The fourth-order valence-corrected chi connectivity index (χ4v) is 3.60. The number of ether oxygens (including phenoxy) is 1. The van der Waals surface area contributed by atoms with Crippen LogP contribution in [-0.2, 0) is 0 Å². The number of halogens is 2. The van der Waals surface area contributed by atoms with E-state index in [1.807, 2.05) is 11.0 Å². The highest BCUT2D eigenvalue weighted by Gasteiger charge is 2.25. The highest BCUT2D eigenvalue weighted by atomic mass is 35.5. The molecule has 2 aromatic carbocycles. The molecule has 0 spiro atoms. The summed E-state index contributed by atoms with van der Waals surface area (Å²) in [6.45, 7) is 1.47. The van der Waals surface area contributed by atoms with Gasteiger partial charge in [-0.3, -0.25) is 4.79 Å². The number of rotatable bonds is 3. The number of nitrogens with two attached hydrogens (primary N) is 1. The predicted octanol–water partition coefficient (Wildman–Crippen LogP) is 4.76. The first-order valence-corrected chi connectivity index (χ1v) is 8.95. The predicted molar refractivity (Wildman–Crippen MR) is 109 cm³/mol. The molecule has 1 aliphatic rings. The van der Waals surface area contributed by atoms with Crippen LogP contribution in [0.25, 0.3) is 0 Å². The monoisotopic (exact) mass is 394 g/mol. The Labute approximate surface area is 165 Å². The zero-order valence-corrected chi connectivity index (χ0v) is 16.4. The van der Waals surface area contributed by atoms with Crippen molar-refractivity contribution in [2.24, 2.45) is 0 Å². The third kappa shape index (κ3) is 4.43. The Bertz CT molecular complexity index is 753. The molecular weight excluding hydrogens is 371 g/mol. The second-order valence-corrected chi connectivity index (χ2v) is 6.81. The Morgan fingerprint density at radius 3 is 2.62 bits per heavy atom. The summed E-state index contributed by atoms with van der Waals surface area (Å²) in [7, 11) is 1.54. The Kier molecular flexibility index (Phi) is 7.18. The molecule has 0 aromatic heterocycles. The molecule has 0 saturated carbocycles. The molecule has 1 atom stereocenters. The van der Waals surface area contributed by atoms with Crippen molar-refractivity contribution in [1.82, 2.24) is 4.90 Å². The van der Waals surface area contributed by atoms with Gasteiger partial charge in [0.2, 0.25) is 0 Å². The van der Waals surface area contributed by atoms with Crippen LogP contribution in [0.5, 0.6) is 5.75 Å². The van der Waals surface area contributed by atoms with Gasteiger partial charge in [0.15, 0.2) is 0 Å². The molecule has 2 aromatic rings. The van der Waals surface area contributed by atoms with Gasteiger partial charge in [-0.15, -0.1) is 12.4 Å². The second kappa shape index (κ2) is 9.15. The summed E-state index contributed by atoms with van der Waals surface area (Å²) in [5, 5.41) is 0.376. The van der Waals surface area contributed by atoms with E-state index in [4.69, 9.17) is 22.1 Å². The number of hydrogen-bond acceptors (Lipinski definition) is 3. The van der Waals surface area contributed by atoms with Crippen LogP contribution >= 0.6 is 24.0 Å². The van der Waals surface area contributed by atoms with Crippen molar-refractivity contribution in [3.8, 4) is 5.75 Å². The van der Waals surface area contributed by atoms with E-state index in [2.05, 4.69) is 24.3 Å². The molecule has 26 heavy (non-hydrogen) atoms. The lowest BCUT2D eigenvalue weighted by Gasteiger charge is -2.22. The van der Waals surface area contributed by atoms with Gasteiger partial charge >= 0.3 is 0 Å². The van der Waals surface area contributed by atoms with Crippen molar-refractivity contribution in [3.63, 3.8) is 0 Å². The molecule has 140 valence electrons. The van der Waals surface area contributed by atoms with Crippen LogP contribution in [0.2, 0.25) is 5.02 Å². The first-order valence-electron chi connectivity index (χ1n) is 8.57. The number of carbonyl (C=O) groups excluding carboxylic acids is 1. The molecule has 1 amide bonds. The van der Waals surface area contributed by atoms with Gasteiger partial charge in [-0.05, 0) is 36.8 Å². The molecule has 3 rings (SSSR count). The SMILES string of the molecule is COc1cc(N)c(Cl)cc1C(=O)N1CCCC(c2ccccc2)CC1.Cl. The van der Waals surface area contributed by atoms with E-state index in [-0.39, 0.29) is 18.3 Å². The summed E-state index contributed by atoms with van der Waals surface area (Å²) in [6.07, 6.45) is 3.03. The third-order valence-electron chi connectivity index (χ3n) is 4.84. The Morgan fingerprint density at radius 1 is 1.19 bits per heavy atom. The summed E-state index contributed by atoms with van der Waals surface area (Å²) in [4.78, 5) is 14.9. The number of hydrogen-bond donors (Lipinski definition) is 1. The zero-order chi connectivity index (χ0) is 17.8. The maximum atomic E-state index is 13.0. The van der Waals surface area contributed by atoms with Crippen LogP contribution in [-0.4, -0.2) is 31.0 Å². The van der Waals surface area contributed by atoms with E-state index in [1.165, 1.54) is 12.7 Å². The summed E-state index contributed by atoms with van der Waals surface area (Å²) in [6, 6.07) is 13.7. The minimum atomic E-state index is -0.0486. The first-order chi connectivity index (χ1) is 12.1. The molecule has 1 heterocycles. The number of nitrogen functional groups attached to an aromatic ring is 1. The number of methoxy groups -OCH3 is 1. The maximum Gasteiger partial charge on any atom is 0.257 e. The fourth-order valence-electron chi connectivity index (χ4n) is 3.43. The highest BCUT2D eigenvalue weighted by Crippen LogP contribution is 2.32. The van der Waals surface area contributed by atoms with Crippen molar-refractivity contribution in [1.29, 1.82) is 0 Å². The van der Waals surface area contributed by atoms with Crippen LogP contribution in [0.1, 0.15) is 41.1 Å². The van der Waals surface area contributed by atoms with Gasteiger partial charge < -0.3 is 15.4 Å². The fraction of sp³-hybridized carbons (Fsp3) is 0.350. The summed E-state index contributed by atoms with van der Waals surface area (Å²) < 4.78 is 5.33. The minimum absolute atomic E-state index is 0. The van der Waals surface area contributed by atoms with E-state index in [0.717, 1.165) is 32.4 Å². The molecule has 1 saturated heterocycles. The largest absolute Gasteiger partial charge is 0.496 e. The van der Waals surface area contributed by atoms with Gasteiger partial charge in [-0.25, -0.2) is 0 Å². The number of nitrogens with zero attached hydrogens (tertiary/aromatic N) is 1. The third-order valence-corrected chi connectivity index (χ3v) is 5.16. The van der Waals surface area contributed by atoms with Crippen LogP contribution < -0.4 is 10.5 Å². The minimum Gasteiger partial charge on any atom is -0.496 e. The normalized spacial score (nSPS) is 17.2. The summed E-state index contributed by atoms with van der Waals surface area (Å²) >= 11 is 6.11. The lowest BCUT2D eigenvalue weighted by Crippen LogP contribution is -2.32. The van der Waals surface area contributed by atoms with Gasteiger partial charge in [0.25, 0.3) is 5.91 Å². The van der Waals surface area contributed by atoms with Crippen molar-refractivity contribution >= 4 is 35.6 Å². The molecule has 1 unspecified atom stereocenters. The number of benzene rings is 2. The van der Waals surface area contributed by atoms with E-state index in [1.54, 1.807) is 12.1 Å². The van der Waals surface area contributed by atoms with Crippen molar-refractivity contribution in [2.45, 2.75) is 25.2 Å². The van der Waals surface area contributed by atoms with Crippen LogP contribution in [0.15, 0.2) is 42.5 Å². The van der Waals surface area contributed by atoms with Crippen molar-refractivity contribution in [3.05, 3.63) is 58.6 Å². The summed E-state index contributed by atoms with van der Waals surface area (Å²) in [5.41, 5.74) is 8.05. The molecule has 0 bridgehead atoms. The quantitative estimate of drug-likeness (QED) is 0.763. The zero-order valence-electron chi connectivity index (χ0n) is 14.8. The Hall–Kier alpha value is -1.91. The number of carbonyl (C=O) groups is 1. The highest BCUT2D eigenvalue weighted by molar-refractivity contribution is 6.33. The molecule has 4 nitrogen and oxygen atoms in total. The van der Waals surface area contributed by atoms with E-state index in [0.29, 0.717) is 27.9 Å². The molecule has 2 N–H and O–H groups in total. The molecule has 1 fully saturated rings. The maximum absolute atomic E-state index is 13.0. The van der Waals surface area contributed by atoms with Crippen LogP contribution in [0.4, 0.5) is 5.69 Å². The molecule has 6 heteroatoms. The van der Waals surface area contributed by atoms with Crippen LogP contribution in [0.3, 0.4) is 0 Å². The van der Waals surface area contributed by atoms with Gasteiger partial charge in [0, 0.05) is 19.2 Å². The average molecular weight is 395 g/mol. The topological polar surface area (TPSA) is 55.6 Å². The molecular formula is C20H24Cl2N2O2. The smallest absolute Gasteiger partial charge is 0.257 e. The van der Waals surface area contributed by atoms with E-state index < -0.39 is 0 Å². The second-order valence-electron chi connectivity index (χ2n) is 6.40. The lowest BCUT2D eigenvalue weighted by atomic mass is 9.92. The molecule has 1 aliphatic heterocycles. The molecule has 0 radical (unpaired) electrons. The van der Waals surface area contributed by atoms with Gasteiger partial charge in [-0.1, -0.05) is 41.9 Å². The standard InChI is InChI=1S/C20H23ClN2O2.ClH/c1-25-19-13-18(22)17(21)12-16(19)20(24)23-10-5-8-15(9-11-23)14-6-3-2-4-7-14;/h2-4,6-7,12-13,15H,5,8-11,22H2,1H3;1H.